The highest BCUT2D eigenvalue weighted by molar-refractivity contribution is 7.89. The molecule has 29 heavy (non-hydrogen) atoms. The molecule has 0 aliphatic carbocycles. The van der Waals surface area contributed by atoms with Gasteiger partial charge in [0.2, 0.25) is 10.0 Å². The van der Waals surface area contributed by atoms with Crippen molar-refractivity contribution in [1.82, 2.24) is 10.0 Å². The first-order valence-electron chi connectivity index (χ1n) is 9.06. The molecule has 0 radical (unpaired) electrons. The third-order valence-corrected chi connectivity index (χ3v) is 6.32. The molecule has 0 fully saturated rings. The number of hydrogen-bond acceptors (Lipinski definition) is 3. The van der Waals surface area contributed by atoms with Gasteiger partial charge in [0.05, 0.1) is 11.1 Å². The Labute approximate surface area is 175 Å². The summed E-state index contributed by atoms with van der Waals surface area (Å²) in [5.41, 5.74) is 1.99. The van der Waals surface area contributed by atoms with Gasteiger partial charge in [-0.05, 0) is 36.2 Å². The lowest BCUT2D eigenvalue weighted by atomic mass is 10.1. The summed E-state index contributed by atoms with van der Waals surface area (Å²) in [7, 11) is -3.89. The average molecular weight is 429 g/mol. The summed E-state index contributed by atoms with van der Waals surface area (Å²) in [5.74, 6) is -0.377. The van der Waals surface area contributed by atoms with Crippen LogP contribution in [0.5, 0.6) is 0 Å². The van der Waals surface area contributed by atoms with E-state index in [1.54, 1.807) is 0 Å². The predicted molar refractivity (Wildman–Crippen MR) is 114 cm³/mol. The van der Waals surface area contributed by atoms with Crippen molar-refractivity contribution < 1.29 is 13.2 Å². The van der Waals surface area contributed by atoms with Crippen molar-refractivity contribution in [2.45, 2.75) is 24.4 Å². The second kappa shape index (κ2) is 9.22. The van der Waals surface area contributed by atoms with E-state index in [1.165, 1.54) is 18.2 Å². The summed E-state index contributed by atoms with van der Waals surface area (Å²) >= 11 is 6.12. The smallest absolute Gasteiger partial charge is 0.251 e. The fourth-order valence-electron chi connectivity index (χ4n) is 2.81. The van der Waals surface area contributed by atoms with Gasteiger partial charge in [-0.2, -0.15) is 0 Å². The van der Waals surface area contributed by atoms with Crippen LogP contribution in [0.3, 0.4) is 0 Å². The summed E-state index contributed by atoms with van der Waals surface area (Å²) in [6, 6.07) is 22.6. The van der Waals surface area contributed by atoms with Gasteiger partial charge in [0.15, 0.2) is 0 Å². The van der Waals surface area contributed by atoms with Crippen LogP contribution in [0.2, 0.25) is 5.02 Å². The van der Waals surface area contributed by atoms with Crippen LogP contribution >= 0.6 is 11.6 Å². The zero-order valence-corrected chi connectivity index (χ0v) is 17.4. The molecule has 7 heteroatoms. The maximum atomic E-state index is 12.7. The van der Waals surface area contributed by atoms with Gasteiger partial charge < -0.3 is 5.32 Å². The molecule has 0 heterocycles. The van der Waals surface area contributed by atoms with Crippen molar-refractivity contribution in [2.24, 2.45) is 0 Å². The lowest BCUT2D eigenvalue weighted by molar-refractivity contribution is 0.0939. The molecule has 3 aromatic rings. The summed E-state index contributed by atoms with van der Waals surface area (Å²) < 4.78 is 28.0. The molecular formula is C22H21ClN2O3S. The first-order chi connectivity index (χ1) is 13.9. The Kier molecular flexibility index (Phi) is 6.69. The fourth-order valence-corrected chi connectivity index (χ4v) is 4.35. The van der Waals surface area contributed by atoms with Gasteiger partial charge in [-0.1, -0.05) is 72.3 Å². The van der Waals surface area contributed by atoms with Gasteiger partial charge >= 0.3 is 0 Å². The number of nitrogens with one attached hydrogen (secondary N) is 2. The Morgan fingerprint density at radius 1 is 0.966 bits per heavy atom. The number of rotatable bonds is 7. The molecule has 0 saturated heterocycles. The van der Waals surface area contributed by atoms with Crippen molar-refractivity contribution in [2.75, 3.05) is 0 Å². The standard InChI is InChI=1S/C22H21ClN2O3S/c1-16(18-10-6-3-7-11-18)25-22(26)19-12-13-20(23)21(14-19)29(27,28)24-15-17-8-4-2-5-9-17/h2-14,16,24H,15H2,1H3,(H,25,26)/t16-/m1/s1. The van der Waals surface area contributed by atoms with Gasteiger partial charge in [0, 0.05) is 12.1 Å². The van der Waals surface area contributed by atoms with E-state index in [4.69, 9.17) is 11.6 Å². The second-order valence-electron chi connectivity index (χ2n) is 6.56. The molecule has 1 atom stereocenters. The Balaban J connectivity index is 1.77. The number of carbonyl (C=O) groups excluding carboxylic acids is 1. The first-order valence-corrected chi connectivity index (χ1v) is 10.9. The van der Waals surface area contributed by atoms with E-state index in [0.717, 1.165) is 11.1 Å². The van der Waals surface area contributed by atoms with Gasteiger partial charge in [0.25, 0.3) is 5.91 Å². The molecule has 3 rings (SSSR count). The van der Waals surface area contributed by atoms with Crippen LogP contribution in [0.15, 0.2) is 83.8 Å². The largest absolute Gasteiger partial charge is 0.346 e. The molecular weight excluding hydrogens is 408 g/mol. The molecule has 3 aromatic carbocycles. The number of sulfonamides is 1. The van der Waals surface area contributed by atoms with Crippen LogP contribution < -0.4 is 10.0 Å². The molecule has 1 amide bonds. The maximum absolute atomic E-state index is 12.7. The average Bonchev–Trinajstić information content (AvgIpc) is 2.74. The van der Waals surface area contributed by atoms with Gasteiger partial charge in [0.1, 0.15) is 4.90 Å². The topological polar surface area (TPSA) is 75.3 Å². The van der Waals surface area contributed by atoms with Crippen LogP contribution in [0.1, 0.15) is 34.5 Å². The highest BCUT2D eigenvalue weighted by atomic mass is 35.5. The lowest BCUT2D eigenvalue weighted by Gasteiger charge is -2.15. The molecule has 150 valence electrons. The van der Waals surface area contributed by atoms with E-state index in [0.29, 0.717) is 0 Å². The van der Waals surface area contributed by atoms with E-state index in [1.807, 2.05) is 67.6 Å². The number of hydrogen-bond donors (Lipinski definition) is 2. The summed E-state index contributed by atoms with van der Waals surface area (Å²) in [6.07, 6.45) is 0. The van der Waals surface area contributed by atoms with Crippen LogP contribution in [0, 0.1) is 0 Å². The molecule has 0 saturated carbocycles. The second-order valence-corrected chi connectivity index (χ2v) is 8.70. The molecule has 5 nitrogen and oxygen atoms in total. The normalized spacial score (nSPS) is 12.3. The molecule has 2 N–H and O–H groups in total. The minimum Gasteiger partial charge on any atom is -0.346 e. The molecule has 0 aromatic heterocycles. The first kappa shape index (κ1) is 21.0. The molecule has 0 bridgehead atoms. The van der Waals surface area contributed by atoms with Crippen molar-refractivity contribution in [3.05, 3.63) is 101 Å². The molecule has 0 aliphatic rings. The van der Waals surface area contributed by atoms with Crippen molar-refractivity contribution in [3.63, 3.8) is 0 Å². The van der Waals surface area contributed by atoms with Crippen molar-refractivity contribution in [3.8, 4) is 0 Å². The Bertz CT molecular complexity index is 1090. The van der Waals surface area contributed by atoms with E-state index < -0.39 is 10.0 Å². The summed E-state index contributed by atoms with van der Waals surface area (Å²) in [5, 5.41) is 2.93. The fraction of sp³-hybridized carbons (Fsp3) is 0.136. The van der Waals surface area contributed by atoms with Crippen LogP contribution in [0.25, 0.3) is 0 Å². The monoisotopic (exact) mass is 428 g/mol. The maximum Gasteiger partial charge on any atom is 0.251 e. The molecule has 0 unspecified atom stereocenters. The highest BCUT2D eigenvalue weighted by Gasteiger charge is 2.21. The van der Waals surface area contributed by atoms with Gasteiger partial charge in [-0.25, -0.2) is 13.1 Å². The Hall–Kier alpha value is -2.67. The van der Waals surface area contributed by atoms with E-state index in [-0.39, 0.29) is 34.0 Å². The van der Waals surface area contributed by atoms with Gasteiger partial charge in [-0.15, -0.1) is 0 Å². The van der Waals surface area contributed by atoms with E-state index in [2.05, 4.69) is 10.0 Å². The zero-order valence-electron chi connectivity index (χ0n) is 15.8. The van der Waals surface area contributed by atoms with Crippen LogP contribution in [-0.2, 0) is 16.6 Å². The number of carbonyl (C=O) groups is 1. The number of amides is 1. The third-order valence-electron chi connectivity index (χ3n) is 4.44. The summed E-state index contributed by atoms with van der Waals surface area (Å²) in [6.45, 7) is 1.99. The predicted octanol–water partition coefficient (Wildman–Crippen LogP) is 4.31. The van der Waals surface area contributed by atoms with E-state index in [9.17, 15) is 13.2 Å². The van der Waals surface area contributed by atoms with Gasteiger partial charge in [-0.3, -0.25) is 4.79 Å². The SMILES string of the molecule is C[C@@H](NC(=O)c1ccc(Cl)c(S(=O)(=O)NCc2ccccc2)c1)c1ccccc1. The Morgan fingerprint density at radius 3 is 2.24 bits per heavy atom. The number of benzene rings is 3. The summed E-state index contributed by atoms with van der Waals surface area (Å²) in [4.78, 5) is 12.5. The lowest BCUT2D eigenvalue weighted by Crippen LogP contribution is -2.27. The van der Waals surface area contributed by atoms with Crippen molar-refractivity contribution in [1.29, 1.82) is 0 Å². The zero-order chi connectivity index (χ0) is 20.9. The minimum atomic E-state index is -3.89. The molecule has 0 aliphatic heterocycles. The van der Waals surface area contributed by atoms with Crippen molar-refractivity contribution >= 4 is 27.5 Å². The minimum absolute atomic E-state index is 0.0539. The molecule has 0 spiro atoms. The quantitative estimate of drug-likeness (QED) is 0.588. The van der Waals surface area contributed by atoms with Crippen LogP contribution in [0.4, 0.5) is 0 Å². The van der Waals surface area contributed by atoms with Crippen LogP contribution in [-0.4, -0.2) is 14.3 Å². The third kappa shape index (κ3) is 5.44. The highest BCUT2D eigenvalue weighted by Crippen LogP contribution is 2.23. The Morgan fingerprint density at radius 2 is 1.59 bits per heavy atom. The van der Waals surface area contributed by atoms with E-state index >= 15 is 0 Å². The number of halogens is 1.